The van der Waals surface area contributed by atoms with E-state index in [0.29, 0.717) is 6.61 Å². The first-order chi connectivity index (χ1) is 16.8. The molecule has 0 spiro atoms. The van der Waals surface area contributed by atoms with Gasteiger partial charge in [-0.3, -0.25) is 0 Å². The molecule has 4 heteroatoms. The predicted octanol–water partition coefficient (Wildman–Crippen LogP) is 6.81. The second kappa shape index (κ2) is 11.9. The van der Waals surface area contributed by atoms with Crippen LogP contribution in [0.15, 0.2) is 120 Å². The minimum atomic E-state index is -0.754. The number of rotatable bonds is 11. The van der Waals surface area contributed by atoms with E-state index in [4.69, 9.17) is 14.2 Å². The first kappa shape index (κ1) is 24.1. The summed E-state index contributed by atoms with van der Waals surface area (Å²) in [6.45, 7) is 0.428. The van der Waals surface area contributed by atoms with Crippen molar-refractivity contribution in [2.24, 2.45) is 0 Å². The Kier molecular flexibility index (Phi) is 8.42. The smallest absolute Gasteiger partial charge is 0.143 e. The molecular formula is C30H30O3S. The maximum Gasteiger partial charge on any atom is 0.143 e. The fraction of sp³-hybridized carbons (Fsp3) is 0.200. The molecule has 0 heterocycles. The van der Waals surface area contributed by atoms with Crippen LogP contribution >= 0.6 is 11.8 Å². The van der Waals surface area contributed by atoms with Crippen LogP contribution in [0.2, 0.25) is 0 Å². The number of benzene rings is 4. The first-order valence-corrected chi connectivity index (χ1v) is 12.4. The third-order valence-electron chi connectivity index (χ3n) is 5.85. The number of thioether (sulfide) groups is 1. The molecule has 0 aliphatic heterocycles. The molecule has 0 fully saturated rings. The van der Waals surface area contributed by atoms with Gasteiger partial charge < -0.3 is 14.2 Å². The van der Waals surface area contributed by atoms with Crippen LogP contribution in [0, 0.1) is 0 Å². The molecule has 0 bridgehead atoms. The summed E-state index contributed by atoms with van der Waals surface area (Å²) in [5.74, 6) is 1.61. The number of para-hydroxylation sites is 1. The van der Waals surface area contributed by atoms with E-state index < -0.39 is 5.60 Å². The van der Waals surface area contributed by atoms with E-state index in [1.54, 1.807) is 26.0 Å². The van der Waals surface area contributed by atoms with Crippen LogP contribution in [0.4, 0.5) is 0 Å². The molecule has 34 heavy (non-hydrogen) atoms. The van der Waals surface area contributed by atoms with E-state index in [0.717, 1.165) is 33.1 Å². The topological polar surface area (TPSA) is 27.7 Å². The van der Waals surface area contributed by atoms with Gasteiger partial charge in [-0.25, -0.2) is 0 Å². The van der Waals surface area contributed by atoms with Crippen molar-refractivity contribution in [3.63, 3.8) is 0 Å². The number of methoxy groups -OCH3 is 2. The van der Waals surface area contributed by atoms with Gasteiger partial charge in [0.25, 0.3) is 0 Å². The monoisotopic (exact) mass is 470 g/mol. The van der Waals surface area contributed by atoms with E-state index >= 15 is 0 Å². The normalized spacial score (nSPS) is 12.3. The molecule has 0 N–H and O–H groups in total. The van der Waals surface area contributed by atoms with Crippen molar-refractivity contribution in [1.82, 2.24) is 0 Å². The van der Waals surface area contributed by atoms with Crippen molar-refractivity contribution in [1.29, 1.82) is 0 Å². The number of hydrogen-bond acceptors (Lipinski definition) is 4. The van der Waals surface area contributed by atoms with E-state index in [9.17, 15) is 0 Å². The van der Waals surface area contributed by atoms with Crippen molar-refractivity contribution in [2.75, 3.05) is 26.6 Å². The molecule has 0 saturated heterocycles. The number of ether oxygens (including phenoxy) is 3. The second-order valence-electron chi connectivity index (χ2n) is 7.91. The molecule has 0 unspecified atom stereocenters. The van der Waals surface area contributed by atoms with Crippen molar-refractivity contribution >= 4 is 11.8 Å². The fourth-order valence-electron chi connectivity index (χ4n) is 4.09. The van der Waals surface area contributed by atoms with Gasteiger partial charge >= 0.3 is 0 Å². The quantitative estimate of drug-likeness (QED) is 0.178. The minimum absolute atomic E-state index is 0.106. The minimum Gasteiger partial charge on any atom is -0.496 e. The Labute approximate surface area is 206 Å². The average molecular weight is 471 g/mol. The molecule has 4 rings (SSSR count). The Morgan fingerprint density at radius 1 is 0.647 bits per heavy atom. The Bertz CT molecular complexity index is 1040. The second-order valence-corrected chi connectivity index (χ2v) is 8.97. The van der Waals surface area contributed by atoms with Gasteiger partial charge in [0.15, 0.2) is 0 Å². The largest absolute Gasteiger partial charge is 0.496 e. The molecule has 4 aromatic carbocycles. The molecule has 4 aromatic rings. The maximum atomic E-state index is 6.92. The van der Waals surface area contributed by atoms with E-state index in [1.165, 1.54) is 0 Å². The van der Waals surface area contributed by atoms with Crippen molar-refractivity contribution in [3.8, 4) is 5.75 Å². The Hall–Kier alpha value is -3.05. The fourth-order valence-corrected chi connectivity index (χ4v) is 5.16. The molecule has 0 radical (unpaired) electrons. The zero-order valence-corrected chi connectivity index (χ0v) is 20.4. The summed E-state index contributed by atoms with van der Waals surface area (Å²) in [5.41, 5.74) is 2.49. The highest BCUT2D eigenvalue weighted by molar-refractivity contribution is 7.99. The van der Waals surface area contributed by atoms with Gasteiger partial charge in [0, 0.05) is 17.8 Å². The summed E-state index contributed by atoms with van der Waals surface area (Å²) in [4.78, 5) is 1.09. The summed E-state index contributed by atoms with van der Waals surface area (Å²) >= 11 is 1.71. The third-order valence-corrected chi connectivity index (χ3v) is 7.04. The van der Waals surface area contributed by atoms with Crippen LogP contribution in [0.25, 0.3) is 0 Å². The van der Waals surface area contributed by atoms with Crippen molar-refractivity contribution in [3.05, 3.63) is 132 Å². The number of hydrogen-bond donors (Lipinski definition) is 0. The van der Waals surface area contributed by atoms with Gasteiger partial charge in [0.2, 0.25) is 0 Å². The van der Waals surface area contributed by atoms with Gasteiger partial charge in [-0.15, -0.1) is 11.8 Å². The SMILES string of the molecule is COc1ccccc1SC[C@H](COC(c1ccccc1)(c1ccccc1)c1ccccc1)OC. The lowest BCUT2D eigenvalue weighted by Crippen LogP contribution is -2.36. The van der Waals surface area contributed by atoms with Gasteiger partial charge in [-0.1, -0.05) is 103 Å². The van der Waals surface area contributed by atoms with E-state index in [1.807, 2.05) is 36.4 Å². The highest BCUT2D eigenvalue weighted by atomic mass is 32.2. The molecule has 0 aliphatic carbocycles. The summed E-state index contributed by atoms with van der Waals surface area (Å²) in [6, 6.07) is 39.3. The van der Waals surface area contributed by atoms with Crippen molar-refractivity contribution in [2.45, 2.75) is 16.6 Å². The van der Waals surface area contributed by atoms with E-state index in [-0.39, 0.29) is 6.10 Å². The summed E-state index contributed by atoms with van der Waals surface area (Å²) in [5, 5.41) is 0. The van der Waals surface area contributed by atoms with Crippen LogP contribution in [0.1, 0.15) is 16.7 Å². The van der Waals surface area contributed by atoms with E-state index in [2.05, 4.69) is 78.9 Å². The van der Waals surface area contributed by atoms with Crippen LogP contribution < -0.4 is 4.74 Å². The molecule has 1 atom stereocenters. The molecule has 0 saturated carbocycles. The lowest BCUT2D eigenvalue weighted by Gasteiger charge is -2.37. The van der Waals surface area contributed by atoms with Gasteiger partial charge in [0.05, 0.1) is 19.8 Å². The van der Waals surface area contributed by atoms with Crippen LogP contribution in [0.5, 0.6) is 5.75 Å². The molecule has 3 nitrogen and oxygen atoms in total. The molecule has 0 aliphatic rings. The van der Waals surface area contributed by atoms with Gasteiger partial charge in [0.1, 0.15) is 11.4 Å². The predicted molar refractivity (Wildman–Crippen MR) is 140 cm³/mol. The molecular weight excluding hydrogens is 440 g/mol. The van der Waals surface area contributed by atoms with Crippen LogP contribution in [-0.2, 0) is 15.1 Å². The average Bonchev–Trinajstić information content (AvgIpc) is 2.92. The Morgan fingerprint density at radius 3 is 1.59 bits per heavy atom. The lowest BCUT2D eigenvalue weighted by molar-refractivity contribution is -0.0438. The zero-order valence-electron chi connectivity index (χ0n) is 19.6. The Balaban J connectivity index is 1.65. The van der Waals surface area contributed by atoms with Crippen molar-refractivity contribution < 1.29 is 14.2 Å². The zero-order chi connectivity index (χ0) is 23.6. The van der Waals surface area contributed by atoms with Crippen LogP contribution in [0.3, 0.4) is 0 Å². The van der Waals surface area contributed by atoms with Gasteiger partial charge in [-0.2, -0.15) is 0 Å². The summed E-state index contributed by atoms with van der Waals surface area (Å²) < 4.78 is 18.3. The maximum absolute atomic E-state index is 6.92. The standard InChI is InChI=1S/C30H30O3S/c1-31-27(23-34-29-21-13-12-20-28(29)32-2)22-33-30(24-14-6-3-7-15-24,25-16-8-4-9-17-25)26-18-10-5-11-19-26/h3-21,27H,22-23H2,1-2H3/t27-/m0/s1. The molecule has 174 valence electrons. The Morgan fingerprint density at radius 2 is 1.12 bits per heavy atom. The first-order valence-electron chi connectivity index (χ1n) is 11.4. The third kappa shape index (κ3) is 5.36. The van der Waals surface area contributed by atoms with Gasteiger partial charge in [-0.05, 0) is 28.8 Å². The summed E-state index contributed by atoms with van der Waals surface area (Å²) in [6.07, 6.45) is -0.106. The molecule has 0 amide bonds. The summed E-state index contributed by atoms with van der Waals surface area (Å²) in [7, 11) is 3.44. The highest BCUT2D eigenvalue weighted by Gasteiger charge is 2.38. The molecule has 0 aromatic heterocycles. The van der Waals surface area contributed by atoms with Crippen LogP contribution in [-0.4, -0.2) is 32.7 Å². The highest BCUT2D eigenvalue weighted by Crippen LogP contribution is 2.41. The lowest BCUT2D eigenvalue weighted by atomic mass is 9.80.